The highest BCUT2D eigenvalue weighted by atomic mass is 35.7. The van der Waals surface area contributed by atoms with Crippen LogP contribution in [0.5, 0.6) is 0 Å². The lowest BCUT2D eigenvalue weighted by atomic mass is 10.1. The number of ether oxygens (including phenoxy) is 3. The molecule has 1 amide bonds. The second kappa shape index (κ2) is 45.2. The van der Waals surface area contributed by atoms with Gasteiger partial charge in [0.25, 0.3) is 55.1 Å². The number of carbonyl (C=O) groups excluding carboxylic acids is 5. The van der Waals surface area contributed by atoms with Gasteiger partial charge in [-0.1, -0.05) is 141 Å². The summed E-state index contributed by atoms with van der Waals surface area (Å²) >= 11 is 0. The second-order valence-corrected chi connectivity index (χ2v) is 33.0. The third kappa shape index (κ3) is 30.4. The Morgan fingerprint density at radius 1 is 0.472 bits per heavy atom. The van der Waals surface area contributed by atoms with Crippen LogP contribution in [0.2, 0.25) is 0 Å². The molecule has 0 bridgehead atoms. The van der Waals surface area contributed by atoms with Gasteiger partial charge in [0.05, 0.1) is 91.3 Å². The Morgan fingerprint density at radius 2 is 0.840 bits per heavy atom. The summed E-state index contributed by atoms with van der Waals surface area (Å²) in [5.74, 6) is -5.73. The van der Waals surface area contributed by atoms with Gasteiger partial charge >= 0.3 is 60.7 Å². The minimum Gasteiger partial charge on any atom is -0.478 e. The van der Waals surface area contributed by atoms with Crippen molar-refractivity contribution in [3.63, 3.8) is 0 Å². The van der Waals surface area contributed by atoms with E-state index in [2.05, 4.69) is 14.2 Å². The van der Waals surface area contributed by atoms with Crippen LogP contribution in [0.25, 0.3) is 0 Å². The average Bonchev–Trinajstić information content (AvgIpc) is 1.58. The molecule has 10 aromatic rings. The number of esters is 4. The lowest BCUT2D eigenvalue weighted by Crippen LogP contribution is -2.38. The number of carboxylic acids is 1. The van der Waals surface area contributed by atoms with Crippen molar-refractivity contribution in [2.75, 3.05) is 44.6 Å². The van der Waals surface area contributed by atoms with Crippen LogP contribution in [-0.2, 0) is 109 Å². The van der Waals surface area contributed by atoms with E-state index in [1.165, 1.54) is 147 Å². The Balaban J connectivity index is 0.000000758. The smallest absolute Gasteiger partial charge is 0.418 e. The summed E-state index contributed by atoms with van der Waals surface area (Å²) in [4.78, 5) is 65.2. The van der Waals surface area contributed by atoms with Crippen LogP contribution in [0, 0.1) is 0 Å². The molecule has 10 aromatic carbocycles. The molecule has 1 aliphatic rings. The molecular weight excluding hydrogens is 1830 g/mol. The standard InChI is InChI=1S/C18H16F3NO6S.C14H10F3NO4S.C14H8F3NO3S.C13H10F3NO2S.C7H6F3N.C6H5ClO2S.C4H6O3.CH4.B.FH.H2/c1-27-16(23)11-22(14-9-5-4-8-13(14)18(19,20)21)29(25,26)15-10-6-3-7-12(15)17(24)28-2;15-14(16,17)10-6-2-3-7-11(10)18-23(21,22)12-8-4-1-5-9(12)13(19)20;15-14(16,17)10-6-2-3-7-11(10)18-13(19)9-5-1-4-8-12(9)22(18,20)21;14-13(15,16)11-8-4-5-9-12(11)17-20(18,19)10-6-2-1-3-7-10;8-7(9,10)5-3-1-2-4-6(5)11;7-10(8,9)6-4-2-1-3-5-6;1-3(5)7-4(2)6;;;;/h3-10H,11H2,1-2H3;1-8,18H,(H,19,20);1-8H;1-9,17H;1-4H,11H2;1-5H;1-2H3;1H4;;2*1H. The highest BCUT2D eigenvalue weighted by Gasteiger charge is 2.47. The van der Waals surface area contributed by atoms with Crippen molar-refractivity contribution >= 4 is 132 Å². The van der Waals surface area contributed by atoms with Gasteiger partial charge in [0, 0.05) is 40.1 Å². The maximum absolute atomic E-state index is 13.5. The van der Waals surface area contributed by atoms with Gasteiger partial charge in [-0.3, -0.25) is 37.6 Å². The summed E-state index contributed by atoms with van der Waals surface area (Å²) in [6, 6.07) is 51.2. The molecule has 48 heteroatoms. The monoisotopic (exact) mass is 1890 g/mol. The van der Waals surface area contributed by atoms with Crippen molar-refractivity contribution in [3.8, 4) is 0 Å². The van der Waals surface area contributed by atoms with Crippen molar-refractivity contribution < 1.29 is 162 Å². The van der Waals surface area contributed by atoms with Crippen molar-refractivity contribution in [2.45, 2.75) is 76.6 Å². The minimum absolute atomic E-state index is 0. The van der Waals surface area contributed by atoms with Gasteiger partial charge in [-0.2, -0.15) is 70.2 Å². The number of hydrogen-bond acceptors (Lipinski definition) is 20. The fourth-order valence-electron chi connectivity index (χ4n) is 9.88. The Morgan fingerprint density at radius 3 is 1.25 bits per heavy atom. The third-order valence-electron chi connectivity index (χ3n) is 15.1. The van der Waals surface area contributed by atoms with E-state index in [1.807, 2.05) is 4.72 Å². The molecule has 1 heterocycles. The number of carboxylic acid groups (broad SMARTS) is 1. The Labute approximate surface area is 711 Å². The summed E-state index contributed by atoms with van der Waals surface area (Å²) in [6.45, 7) is 1.32. The summed E-state index contributed by atoms with van der Waals surface area (Å²) in [5, 5.41) is 9.01. The first kappa shape index (κ1) is 108. The molecule has 0 aromatic heterocycles. The number of aromatic carboxylic acids is 1. The summed E-state index contributed by atoms with van der Waals surface area (Å²) < 4.78 is 331. The molecule has 125 heavy (non-hydrogen) atoms. The van der Waals surface area contributed by atoms with E-state index in [-0.39, 0.29) is 56.5 Å². The third-order valence-corrected chi connectivity index (χ3v) is 22.8. The fraction of sp³-hybridized carbons (Fsp3) is 0.143. The molecule has 5 N–H and O–H groups in total. The molecule has 25 nitrogen and oxygen atoms in total. The summed E-state index contributed by atoms with van der Waals surface area (Å²) in [5.41, 5.74) is -4.31. The molecule has 0 aliphatic carbocycles. The molecule has 0 unspecified atom stereocenters. The first-order valence-electron chi connectivity index (χ1n) is 33.1. The Kier molecular flexibility index (Phi) is 39.2. The number of sulfonamides is 4. The SMILES string of the molecule is C.CC(=O)OC(C)=O.COC(=O)CN(c1ccccc1C(F)(F)F)S(=O)(=O)c1ccccc1C(=O)OC.F.Nc1ccccc1C(F)(F)F.O=C(O)c1ccccc1S(=O)(=O)Nc1ccccc1C(F)(F)F.O=C1c2ccccc2S(=O)(=O)N1c1ccccc1C(F)(F)F.O=S(=O)(Cl)c1ccccc1.O=S(=O)(Nc1ccccc1C(F)(F)F)c1ccccc1.[B].[HH]. The van der Waals surface area contributed by atoms with E-state index in [1.54, 1.807) is 29.0 Å². The van der Waals surface area contributed by atoms with E-state index in [9.17, 15) is 137 Å². The van der Waals surface area contributed by atoms with Crippen LogP contribution in [0.3, 0.4) is 0 Å². The molecule has 11 rings (SSSR count). The van der Waals surface area contributed by atoms with E-state index >= 15 is 0 Å². The number of para-hydroxylation sites is 5. The zero-order valence-corrected chi connectivity index (χ0v) is 68.0. The van der Waals surface area contributed by atoms with Gasteiger partial charge in [-0.05, 0) is 121 Å². The van der Waals surface area contributed by atoms with E-state index in [4.69, 9.17) is 21.5 Å². The quantitative estimate of drug-likeness (QED) is 0.0141. The molecule has 3 radical (unpaired) electrons. The summed E-state index contributed by atoms with van der Waals surface area (Å²) in [7, 11) is -14.2. The van der Waals surface area contributed by atoms with Crippen molar-refractivity contribution in [1.29, 1.82) is 0 Å². The lowest BCUT2D eigenvalue weighted by Gasteiger charge is -2.26. The van der Waals surface area contributed by atoms with Gasteiger partial charge in [-0.15, -0.1) is 0 Å². The number of nitrogens with two attached hydrogens (primary N) is 1. The number of amides is 1. The predicted molar refractivity (Wildman–Crippen MR) is 427 cm³/mol. The normalized spacial score (nSPS) is 12.1. The number of nitrogens with one attached hydrogen (secondary N) is 2. The van der Waals surface area contributed by atoms with E-state index in [0.717, 1.165) is 105 Å². The zero-order chi connectivity index (χ0) is 92.0. The number of halogens is 17. The van der Waals surface area contributed by atoms with Gasteiger partial charge < -0.3 is 25.1 Å². The number of nitrogen functional groups attached to an aromatic ring is 1. The van der Waals surface area contributed by atoms with Crippen LogP contribution in [0.4, 0.5) is 99.0 Å². The van der Waals surface area contributed by atoms with Crippen LogP contribution in [0.15, 0.2) is 279 Å². The van der Waals surface area contributed by atoms with Crippen molar-refractivity contribution in [2.24, 2.45) is 0 Å². The number of fused-ring (bicyclic) bond motifs is 1. The molecule has 0 spiro atoms. The number of anilines is 5. The number of rotatable bonds is 15. The topological polar surface area (TPSA) is 378 Å². The molecule has 0 saturated heterocycles. The second-order valence-electron chi connectivity index (χ2n) is 23.5. The maximum atomic E-state index is 13.5. The van der Waals surface area contributed by atoms with Gasteiger partial charge in [0.2, 0.25) is 0 Å². The van der Waals surface area contributed by atoms with Crippen LogP contribution in [0.1, 0.15) is 81.6 Å². The number of hydrogen-bond donors (Lipinski definition) is 4. The van der Waals surface area contributed by atoms with Crippen LogP contribution < -0.4 is 23.8 Å². The minimum atomic E-state index is -4.90. The maximum Gasteiger partial charge on any atom is 0.418 e. The predicted octanol–water partition coefficient (Wildman–Crippen LogP) is 17.3. The van der Waals surface area contributed by atoms with Gasteiger partial charge in [0.1, 0.15) is 21.2 Å². The molecule has 0 saturated carbocycles. The Bertz CT molecular complexity index is 6030. The lowest BCUT2D eigenvalue weighted by molar-refractivity contribution is -0.156. The number of alkyl halides is 15. The molecule has 0 atom stereocenters. The van der Waals surface area contributed by atoms with Crippen molar-refractivity contribution in [1.82, 2.24) is 0 Å². The largest absolute Gasteiger partial charge is 0.478 e. The average molecular weight is 1890 g/mol. The molecular formula is C77H68BClF16N5O20S5. The van der Waals surface area contributed by atoms with Gasteiger partial charge in [-0.25, -0.2) is 51.7 Å². The first-order chi connectivity index (χ1) is 56.5. The molecule has 673 valence electrons. The number of benzene rings is 10. The van der Waals surface area contributed by atoms with Crippen LogP contribution in [-0.4, -0.2) is 112 Å². The zero-order valence-electron chi connectivity index (χ0n) is 63.2. The highest BCUT2D eigenvalue weighted by molar-refractivity contribution is 8.13. The van der Waals surface area contributed by atoms with E-state index < -0.39 is 194 Å². The molecule has 0 fully saturated rings. The van der Waals surface area contributed by atoms with E-state index in [0.29, 0.717) is 6.07 Å². The highest BCUT2D eigenvalue weighted by Crippen LogP contribution is 2.44. The molecule has 1 aliphatic heterocycles. The number of methoxy groups -OCH3 is 2. The summed E-state index contributed by atoms with van der Waals surface area (Å²) in [6.07, 6.45) is -23.4. The van der Waals surface area contributed by atoms with Crippen LogP contribution >= 0.6 is 10.7 Å². The fourth-order valence-corrected chi connectivity index (χ4v) is 16.3. The first-order valence-corrected chi connectivity index (χ1v) is 41.3. The van der Waals surface area contributed by atoms with Gasteiger partial charge in [0.15, 0.2) is 0 Å². The number of nitrogens with zero attached hydrogens (tertiary/aromatic N) is 2. The number of carbonyl (C=O) groups is 6. The van der Waals surface area contributed by atoms with Crippen molar-refractivity contribution in [3.05, 3.63) is 299 Å². The Hall–Kier alpha value is -12.6.